The lowest BCUT2D eigenvalue weighted by Gasteiger charge is -2.19. The molecule has 6 nitrogen and oxygen atoms in total. The topological polar surface area (TPSA) is 89.7 Å². The summed E-state index contributed by atoms with van der Waals surface area (Å²) in [5, 5.41) is 0. The third kappa shape index (κ3) is 4.16. The number of sulfone groups is 1. The summed E-state index contributed by atoms with van der Waals surface area (Å²) in [6, 6.07) is 6.38. The molecule has 1 aromatic carbocycles. The van der Waals surface area contributed by atoms with Gasteiger partial charge in [-0.05, 0) is 48.9 Å². The SMILES string of the molecule is COCCS(=O)(=O)c1ccc(C(=O)N2CC3CCC(N)C3C2)cc1.Cl. The van der Waals surface area contributed by atoms with E-state index in [9.17, 15) is 13.2 Å². The van der Waals surface area contributed by atoms with Crippen molar-refractivity contribution in [3.05, 3.63) is 29.8 Å². The minimum absolute atomic E-state index is 0. The maximum atomic E-state index is 12.6. The molecule has 140 valence electrons. The summed E-state index contributed by atoms with van der Waals surface area (Å²) in [6.45, 7) is 1.61. The molecule has 1 amide bonds. The number of fused-ring (bicyclic) bond motifs is 1. The molecule has 25 heavy (non-hydrogen) atoms. The molecule has 0 bridgehead atoms. The minimum Gasteiger partial charge on any atom is -0.384 e. The zero-order chi connectivity index (χ0) is 17.3. The van der Waals surface area contributed by atoms with Gasteiger partial charge in [0, 0.05) is 31.8 Å². The van der Waals surface area contributed by atoms with Crippen LogP contribution in [0.25, 0.3) is 0 Å². The van der Waals surface area contributed by atoms with Crippen LogP contribution in [0.15, 0.2) is 29.2 Å². The van der Waals surface area contributed by atoms with Crippen LogP contribution in [-0.4, -0.2) is 57.8 Å². The first-order valence-corrected chi connectivity index (χ1v) is 9.94. The molecule has 2 fully saturated rings. The average molecular weight is 389 g/mol. The van der Waals surface area contributed by atoms with Gasteiger partial charge in [-0.2, -0.15) is 0 Å². The van der Waals surface area contributed by atoms with E-state index in [1.54, 1.807) is 12.1 Å². The van der Waals surface area contributed by atoms with E-state index in [2.05, 4.69) is 0 Å². The van der Waals surface area contributed by atoms with E-state index >= 15 is 0 Å². The summed E-state index contributed by atoms with van der Waals surface area (Å²) < 4.78 is 29.0. The van der Waals surface area contributed by atoms with Gasteiger partial charge in [-0.15, -0.1) is 12.4 Å². The van der Waals surface area contributed by atoms with Crippen LogP contribution >= 0.6 is 12.4 Å². The smallest absolute Gasteiger partial charge is 0.253 e. The van der Waals surface area contributed by atoms with Gasteiger partial charge in [0.15, 0.2) is 9.84 Å². The fraction of sp³-hybridized carbons (Fsp3) is 0.588. The molecule has 0 radical (unpaired) electrons. The van der Waals surface area contributed by atoms with Crippen molar-refractivity contribution >= 4 is 28.2 Å². The van der Waals surface area contributed by atoms with Gasteiger partial charge >= 0.3 is 0 Å². The Morgan fingerprint density at radius 2 is 1.92 bits per heavy atom. The molecule has 8 heteroatoms. The quantitative estimate of drug-likeness (QED) is 0.822. The Labute approximate surface area is 155 Å². The van der Waals surface area contributed by atoms with Crippen LogP contribution in [0.5, 0.6) is 0 Å². The molecule has 0 aromatic heterocycles. The third-order valence-corrected chi connectivity index (χ3v) is 6.91. The van der Waals surface area contributed by atoms with Gasteiger partial charge in [-0.25, -0.2) is 8.42 Å². The van der Waals surface area contributed by atoms with E-state index < -0.39 is 9.84 Å². The maximum absolute atomic E-state index is 12.6. The van der Waals surface area contributed by atoms with E-state index in [0.29, 0.717) is 23.9 Å². The normalized spacial score (nSPS) is 25.5. The molecule has 1 saturated heterocycles. The van der Waals surface area contributed by atoms with Gasteiger partial charge in [-0.3, -0.25) is 4.79 Å². The highest BCUT2D eigenvalue weighted by atomic mass is 35.5. The van der Waals surface area contributed by atoms with Crippen LogP contribution in [0.2, 0.25) is 0 Å². The van der Waals surface area contributed by atoms with E-state index in [-0.39, 0.29) is 41.6 Å². The largest absolute Gasteiger partial charge is 0.384 e. The van der Waals surface area contributed by atoms with Gasteiger partial charge in [0.05, 0.1) is 17.3 Å². The second-order valence-corrected chi connectivity index (χ2v) is 8.82. The summed E-state index contributed by atoms with van der Waals surface area (Å²) in [5.41, 5.74) is 6.64. The highest BCUT2D eigenvalue weighted by molar-refractivity contribution is 7.91. The van der Waals surface area contributed by atoms with Crippen molar-refractivity contribution < 1.29 is 17.9 Å². The fourth-order valence-corrected chi connectivity index (χ4v) is 4.94. The summed E-state index contributed by atoms with van der Waals surface area (Å²) in [5.74, 6) is 0.808. The molecule has 1 aliphatic heterocycles. The summed E-state index contributed by atoms with van der Waals surface area (Å²) >= 11 is 0. The molecule has 1 aliphatic carbocycles. The number of rotatable bonds is 5. The predicted molar refractivity (Wildman–Crippen MR) is 97.7 cm³/mol. The van der Waals surface area contributed by atoms with Crippen LogP contribution in [-0.2, 0) is 14.6 Å². The third-order valence-electron chi connectivity index (χ3n) is 5.22. The first-order chi connectivity index (χ1) is 11.4. The highest BCUT2D eigenvalue weighted by Gasteiger charge is 2.42. The number of ether oxygens (including phenoxy) is 1. The zero-order valence-electron chi connectivity index (χ0n) is 14.3. The summed E-state index contributed by atoms with van der Waals surface area (Å²) in [7, 11) is -1.90. The van der Waals surface area contributed by atoms with Crippen LogP contribution in [0, 0.1) is 11.8 Å². The van der Waals surface area contributed by atoms with Gasteiger partial charge in [-0.1, -0.05) is 0 Å². The number of likely N-dealkylation sites (tertiary alicyclic amines) is 1. The van der Waals surface area contributed by atoms with Crippen LogP contribution < -0.4 is 5.73 Å². The number of hydrogen-bond acceptors (Lipinski definition) is 5. The molecule has 1 aromatic rings. The summed E-state index contributed by atoms with van der Waals surface area (Å²) in [4.78, 5) is 14.7. The Morgan fingerprint density at radius 1 is 1.24 bits per heavy atom. The number of carbonyl (C=O) groups is 1. The lowest BCUT2D eigenvalue weighted by molar-refractivity contribution is 0.0779. The van der Waals surface area contributed by atoms with Crippen molar-refractivity contribution in [1.82, 2.24) is 4.90 Å². The average Bonchev–Trinajstić information content (AvgIpc) is 3.15. The van der Waals surface area contributed by atoms with E-state index in [4.69, 9.17) is 10.5 Å². The molecule has 2 aliphatic rings. The molecule has 0 spiro atoms. The number of hydrogen-bond donors (Lipinski definition) is 1. The molecule has 3 rings (SSSR count). The Morgan fingerprint density at radius 3 is 2.52 bits per heavy atom. The number of amides is 1. The first kappa shape index (κ1) is 20.2. The number of nitrogens with two attached hydrogens (primary N) is 1. The minimum atomic E-state index is -3.37. The Bertz CT molecular complexity index is 708. The molecular formula is C17H25ClN2O4S. The van der Waals surface area contributed by atoms with Crippen molar-refractivity contribution in [2.75, 3.05) is 32.6 Å². The van der Waals surface area contributed by atoms with Crippen LogP contribution in [0.1, 0.15) is 23.2 Å². The lowest BCUT2D eigenvalue weighted by Crippen LogP contribution is -2.33. The van der Waals surface area contributed by atoms with Gasteiger partial charge in [0.25, 0.3) is 5.91 Å². The number of methoxy groups -OCH3 is 1. The Hall–Kier alpha value is -1.15. The molecule has 3 atom stereocenters. The number of halogens is 1. The molecule has 1 saturated carbocycles. The van der Waals surface area contributed by atoms with Gasteiger partial charge in [0.1, 0.15) is 0 Å². The molecule has 3 unspecified atom stereocenters. The van der Waals surface area contributed by atoms with Gasteiger partial charge < -0.3 is 15.4 Å². The molecule has 2 N–H and O–H groups in total. The first-order valence-electron chi connectivity index (χ1n) is 8.29. The van der Waals surface area contributed by atoms with Crippen molar-refractivity contribution in [3.63, 3.8) is 0 Å². The maximum Gasteiger partial charge on any atom is 0.253 e. The summed E-state index contributed by atoms with van der Waals surface area (Å²) in [6.07, 6.45) is 2.14. The number of benzene rings is 1. The highest BCUT2D eigenvalue weighted by Crippen LogP contribution is 2.37. The van der Waals surface area contributed by atoms with E-state index in [0.717, 1.165) is 19.4 Å². The van der Waals surface area contributed by atoms with Crippen molar-refractivity contribution in [2.45, 2.75) is 23.8 Å². The van der Waals surface area contributed by atoms with Crippen molar-refractivity contribution in [2.24, 2.45) is 17.6 Å². The van der Waals surface area contributed by atoms with Crippen LogP contribution in [0.3, 0.4) is 0 Å². The van der Waals surface area contributed by atoms with E-state index in [1.165, 1.54) is 19.2 Å². The molecule has 1 heterocycles. The predicted octanol–water partition coefficient (Wildman–Crippen LogP) is 1.34. The zero-order valence-corrected chi connectivity index (χ0v) is 15.9. The van der Waals surface area contributed by atoms with Crippen molar-refractivity contribution in [3.8, 4) is 0 Å². The number of carbonyl (C=O) groups excluding carboxylic acids is 1. The Balaban J connectivity index is 0.00000225. The standard InChI is InChI=1S/C17H24N2O4S.ClH/c1-23-8-9-24(21,22)14-5-2-12(3-6-14)17(20)19-10-13-4-7-16(18)15(13)11-19;/h2-3,5-6,13,15-16H,4,7-11,18H2,1H3;1H. The molecular weight excluding hydrogens is 364 g/mol. The lowest BCUT2D eigenvalue weighted by atomic mass is 9.98. The van der Waals surface area contributed by atoms with Gasteiger partial charge in [0.2, 0.25) is 0 Å². The second kappa shape index (κ2) is 8.03. The fourth-order valence-electron chi connectivity index (χ4n) is 3.77. The number of nitrogens with zero attached hydrogens (tertiary/aromatic N) is 1. The second-order valence-electron chi connectivity index (χ2n) is 6.71. The van der Waals surface area contributed by atoms with Crippen molar-refractivity contribution in [1.29, 1.82) is 0 Å². The van der Waals surface area contributed by atoms with E-state index in [1.807, 2.05) is 4.90 Å². The Kier molecular flexibility index (Phi) is 6.48. The monoisotopic (exact) mass is 388 g/mol. The van der Waals surface area contributed by atoms with Crippen LogP contribution in [0.4, 0.5) is 0 Å².